The Bertz CT molecular complexity index is 357. The van der Waals surface area contributed by atoms with E-state index in [0.29, 0.717) is 6.04 Å². The van der Waals surface area contributed by atoms with Gasteiger partial charge in [-0.1, -0.05) is 6.92 Å². The predicted molar refractivity (Wildman–Crippen MR) is 78.6 cm³/mol. The molecule has 0 radical (unpaired) electrons. The second-order valence-electron chi connectivity index (χ2n) is 4.84. The van der Waals surface area contributed by atoms with Crippen LogP contribution in [-0.2, 0) is 0 Å². The number of nitrogens with two attached hydrogens (primary N) is 1. The summed E-state index contributed by atoms with van der Waals surface area (Å²) >= 11 is 2.34. The zero-order valence-corrected chi connectivity index (χ0v) is 11.8. The minimum Gasteiger partial charge on any atom is -0.399 e. The van der Waals surface area contributed by atoms with Gasteiger partial charge in [-0.05, 0) is 72.4 Å². The molecule has 88 valence electrons. The van der Waals surface area contributed by atoms with Gasteiger partial charge in [0, 0.05) is 21.0 Å². The molecule has 0 aliphatic heterocycles. The second kappa shape index (κ2) is 5.25. The van der Waals surface area contributed by atoms with E-state index in [-0.39, 0.29) is 0 Å². The van der Waals surface area contributed by atoms with Crippen LogP contribution in [0.25, 0.3) is 0 Å². The van der Waals surface area contributed by atoms with Gasteiger partial charge in [0.25, 0.3) is 0 Å². The lowest BCUT2D eigenvalue weighted by Gasteiger charge is -2.28. The van der Waals surface area contributed by atoms with Crippen molar-refractivity contribution in [3.05, 3.63) is 21.8 Å². The van der Waals surface area contributed by atoms with Gasteiger partial charge in [0.2, 0.25) is 0 Å². The van der Waals surface area contributed by atoms with Crippen LogP contribution in [0, 0.1) is 9.49 Å². The highest BCUT2D eigenvalue weighted by Crippen LogP contribution is 2.28. The molecule has 0 bridgehead atoms. The first-order valence-electron chi connectivity index (χ1n) is 5.96. The summed E-state index contributed by atoms with van der Waals surface area (Å²) in [6.07, 6.45) is 5.29. The summed E-state index contributed by atoms with van der Waals surface area (Å²) in [5.74, 6) is 0.906. The largest absolute Gasteiger partial charge is 0.399 e. The summed E-state index contributed by atoms with van der Waals surface area (Å²) in [6, 6.07) is 6.73. The van der Waals surface area contributed by atoms with Crippen LogP contribution in [0.5, 0.6) is 0 Å². The van der Waals surface area contributed by atoms with E-state index in [9.17, 15) is 0 Å². The van der Waals surface area contributed by atoms with Gasteiger partial charge < -0.3 is 11.1 Å². The third-order valence-electron chi connectivity index (χ3n) is 3.37. The van der Waals surface area contributed by atoms with E-state index in [1.54, 1.807) is 0 Å². The average molecular weight is 330 g/mol. The Labute approximate surface area is 111 Å². The van der Waals surface area contributed by atoms with Crippen molar-refractivity contribution in [1.82, 2.24) is 0 Å². The van der Waals surface area contributed by atoms with E-state index < -0.39 is 0 Å². The highest BCUT2D eigenvalue weighted by atomic mass is 127. The normalized spacial score (nSPS) is 25.4. The molecule has 16 heavy (non-hydrogen) atoms. The zero-order valence-electron chi connectivity index (χ0n) is 9.67. The van der Waals surface area contributed by atoms with Gasteiger partial charge in [-0.3, -0.25) is 0 Å². The van der Waals surface area contributed by atoms with E-state index >= 15 is 0 Å². The number of hydrogen-bond donors (Lipinski definition) is 2. The first-order valence-corrected chi connectivity index (χ1v) is 7.04. The molecule has 2 nitrogen and oxygen atoms in total. The zero-order chi connectivity index (χ0) is 11.5. The van der Waals surface area contributed by atoms with Crippen LogP contribution in [0.2, 0.25) is 0 Å². The van der Waals surface area contributed by atoms with Gasteiger partial charge in [0.15, 0.2) is 0 Å². The number of nitrogen functional groups attached to an aromatic ring is 1. The van der Waals surface area contributed by atoms with E-state index in [1.165, 1.54) is 34.9 Å². The highest BCUT2D eigenvalue weighted by Gasteiger charge is 2.18. The predicted octanol–water partition coefficient (Wildman–Crippen LogP) is 3.86. The van der Waals surface area contributed by atoms with E-state index in [4.69, 9.17) is 5.73 Å². The number of halogens is 1. The van der Waals surface area contributed by atoms with Crippen LogP contribution in [0.3, 0.4) is 0 Å². The maximum atomic E-state index is 5.75. The van der Waals surface area contributed by atoms with Crippen LogP contribution >= 0.6 is 22.6 Å². The van der Waals surface area contributed by atoms with Gasteiger partial charge in [0.1, 0.15) is 0 Å². The minimum atomic E-state index is 0.647. The van der Waals surface area contributed by atoms with Crippen molar-refractivity contribution >= 4 is 34.0 Å². The molecule has 0 amide bonds. The smallest absolute Gasteiger partial charge is 0.0479 e. The molecular weight excluding hydrogens is 311 g/mol. The molecule has 0 aromatic heterocycles. The first-order chi connectivity index (χ1) is 7.65. The molecular formula is C13H19IN2. The van der Waals surface area contributed by atoms with E-state index in [2.05, 4.69) is 40.9 Å². The van der Waals surface area contributed by atoms with Crippen molar-refractivity contribution in [1.29, 1.82) is 0 Å². The summed E-state index contributed by atoms with van der Waals surface area (Å²) in [7, 11) is 0. The van der Waals surface area contributed by atoms with Crippen LogP contribution in [0.4, 0.5) is 11.4 Å². The lowest BCUT2D eigenvalue weighted by atomic mass is 9.87. The molecule has 0 saturated heterocycles. The van der Waals surface area contributed by atoms with Crippen molar-refractivity contribution in [2.45, 2.75) is 38.6 Å². The third-order valence-corrected chi connectivity index (χ3v) is 4.26. The van der Waals surface area contributed by atoms with Gasteiger partial charge >= 0.3 is 0 Å². The maximum Gasteiger partial charge on any atom is 0.0479 e. The lowest BCUT2D eigenvalue weighted by molar-refractivity contribution is 0.361. The quantitative estimate of drug-likeness (QED) is 0.638. The molecule has 1 aliphatic rings. The molecule has 3 heteroatoms. The van der Waals surface area contributed by atoms with Crippen LogP contribution in [0.15, 0.2) is 18.2 Å². The standard InChI is InChI=1S/C13H19IN2/c1-9-2-5-11(6-3-9)16-13-7-4-10(15)8-12(13)14/h4,7-9,11,16H,2-3,5-6,15H2,1H3. The fourth-order valence-electron chi connectivity index (χ4n) is 2.27. The SMILES string of the molecule is CC1CCC(Nc2ccc(N)cc2I)CC1. The fourth-order valence-corrected chi connectivity index (χ4v) is 2.97. The van der Waals surface area contributed by atoms with Gasteiger partial charge in [-0.25, -0.2) is 0 Å². The molecule has 1 aliphatic carbocycles. The van der Waals surface area contributed by atoms with Gasteiger partial charge in [0.05, 0.1) is 0 Å². The maximum absolute atomic E-state index is 5.75. The molecule has 1 saturated carbocycles. The van der Waals surface area contributed by atoms with E-state index in [1.807, 2.05) is 12.1 Å². The van der Waals surface area contributed by atoms with Crippen molar-refractivity contribution in [3.8, 4) is 0 Å². The molecule has 0 spiro atoms. The number of benzene rings is 1. The highest BCUT2D eigenvalue weighted by molar-refractivity contribution is 14.1. The van der Waals surface area contributed by atoms with Crippen molar-refractivity contribution in [2.24, 2.45) is 5.92 Å². The Balaban J connectivity index is 1.98. The number of nitrogens with one attached hydrogen (secondary N) is 1. The molecule has 1 aromatic carbocycles. The summed E-state index contributed by atoms with van der Waals surface area (Å²) in [4.78, 5) is 0. The number of rotatable bonds is 2. The summed E-state index contributed by atoms with van der Waals surface area (Å²) in [5, 5.41) is 3.63. The molecule has 0 unspecified atom stereocenters. The number of hydrogen-bond acceptors (Lipinski definition) is 2. The van der Waals surface area contributed by atoms with Crippen molar-refractivity contribution in [3.63, 3.8) is 0 Å². The monoisotopic (exact) mass is 330 g/mol. The second-order valence-corrected chi connectivity index (χ2v) is 6.00. The Hall–Kier alpha value is -0.450. The molecule has 1 fully saturated rings. The molecule has 0 atom stereocenters. The average Bonchev–Trinajstić information content (AvgIpc) is 2.25. The third kappa shape index (κ3) is 3.03. The fraction of sp³-hybridized carbons (Fsp3) is 0.538. The molecule has 1 aromatic rings. The van der Waals surface area contributed by atoms with E-state index in [0.717, 1.165) is 11.6 Å². The first kappa shape index (κ1) is 12.0. The van der Waals surface area contributed by atoms with Crippen molar-refractivity contribution in [2.75, 3.05) is 11.1 Å². The molecule has 0 heterocycles. The molecule has 3 N–H and O–H groups in total. The lowest BCUT2D eigenvalue weighted by Crippen LogP contribution is -2.25. The Morgan fingerprint density at radius 1 is 1.25 bits per heavy atom. The van der Waals surface area contributed by atoms with Crippen LogP contribution in [-0.4, -0.2) is 6.04 Å². The molecule has 2 rings (SSSR count). The Kier molecular flexibility index (Phi) is 3.95. The Morgan fingerprint density at radius 3 is 2.56 bits per heavy atom. The summed E-state index contributed by atoms with van der Waals surface area (Å²) in [5.41, 5.74) is 7.82. The summed E-state index contributed by atoms with van der Waals surface area (Å²) < 4.78 is 1.22. The Morgan fingerprint density at radius 2 is 1.94 bits per heavy atom. The summed E-state index contributed by atoms with van der Waals surface area (Å²) in [6.45, 7) is 2.35. The van der Waals surface area contributed by atoms with Gasteiger partial charge in [-0.2, -0.15) is 0 Å². The van der Waals surface area contributed by atoms with Crippen molar-refractivity contribution < 1.29 is 0 Å². The van der Waals surface area contributed by atoms with Crippen LogP contribution < -0.4 is 11.1 Å². The minimum absolute atomic E-state index is 0.647. The van der Waals surface area contributed by atoms with Crippen LogP contribution in [0.1, 0.15) is 32.6 Å². The van der Waals surface area contributed by atoms with Gasteiger partial charge in [-0.15, -0.1) is 0 Å². The number of anilines is 2. The topological polar surface area (TPSA) is 38.0 Å².